The van der Waals surface area contributed by atoms with Crippen molar-refractivity contribution >= 4 is 56.9 Å². The normalized spacial score (nSPS) is 11.6. The number of aromatic nitrogens is 2. The van der Waals surface area contributed by atoms with Crippen LogP contribution in [0.2, 0.25) is 0 Å². The van der Waals surface area contributed by atoms with E-state index in [0.29, 0.717) is 39.6 Å². The summed E-state index contributed by atoms with van der Waals surface area (Å²) in [5.41, 5.74) is 2.45. The summed E-state index contributed by atoms with van der Waals surface area (Å²) in [6, 6.07) is 19.0. The van der Waals surface area contributed by atoms with Crippen LogP contribution in [0, 0.1) is 0 Å². The molecule has 0 fully saturated rings. The topological polar surface area (TPSA) is 138 Å². The maximum absolute atomic E-state index is 12.7. The summed E-state index contributed by atoms with van der Waals surface area (Å²) in [5, 5.41) is 8.71. The summed E-state index contributed by atoms with van der Waals surface area (Å²) in [4.78, 5) is 21.4. The monoisotopic (exact) mass is 522 g/mol. The zero-order valence-corrected chi connectivity index (χ0v) is 21.2. The molecule has 4 rings (SSSR count). The molecule has 12 heteroatoms. The van der Waals surface area contributed by atoms with Gasteiger partial charge < -0.3 is 25.4 Å². The van der Waals surface area contributed by atoms with Crippen LogP contribution in [0.15, 0.2) is 66.7 Å². The maximum atomic E-state index is 12.7. The van der Waals surface area contributed by atoms with Crippen LogP contribution in [-0.4, -0.2) is 52.4 Å². The Morgan fingerprint density at radius 1 is 0.946 bits per heavy atom. The number of rotatable bonds is 10. The Balaban J connectivity index is 1.83. The number of methoxy groups -OCH3 is 2. The van der Waals surface area contributed by atoms with E-state index < -0.39 is 11.3 Å². The fourth-order valence-electron chi connectivity index (χ4n) is 3.59. The number of carbonyl (C=O) groups is 1. The second-order valence-corrected chi connectivity index (χ2v) is 8.59. The quantitative estimate of drug-likeness (QED) is 0.229. The molecular formula is C25H26N6O5S. The van der Waals surface area contributed by atoms with Gasteiger partial charge in [-0.1, -0.05) is 18.2 Å². The molecule has 0 spiro atoms. The van der Waals surface area contributed by atoms with Crippen molar-refractivity contribution in [3.8, 4) is 11.5 Å². The predicted octanol–water partition coefficient (Wildman–Crippen LogP) is 3.82. The fraction of sp³-hybridized carbons (Fsp3) is 0.160. The van der Waals surface area contributed by atoms with E-state index >= 15 is 0 Å². The first-order chi connectivity index (χ1) is 17.9. The van der Waals surface area contributed by atoms with Crippen LogP contribution in [0.5, 0.6) is 11.5 Å². The maximum Gasteiger partial charge on any atom is 0.268 e. The van der Waals surface area contributed by atoms with E-state index in [0.717, 1.165) is 4.31 Å². The molecule has 0 radical (unpaired) electrons. The molecule has 1 unspecified atom stereocenters. The lowest BCUT2D eigenvalue weighted by molar-refractivity contribution is -0.115. The molecule has 1 amide bonds. The number of para-hydroxylation sites is 2. The largest absolute Gasteiger partial charge is 0.497 e. The average Bonchev–Trinajstić information content (AvgIpc) is 2.89. The van der Waals surface area contributed by atoms with E-state index in [9.17, 15) is 13.6 Å². The highest BCUT2D eigenvalue weighted by atomic mass is 32.2. The molecule has 0 aliphatic heterocycles. The van der Waals surface area contributed by atoms with Gasteiger partial charge in [0.2, 0.25) is 5.91 Å². The summed E-state index contributed by atoms with van der Waals surface area (Å²) in [7, 11) is 4.75. The summed E-state index contributed by atoms with van der Waals surface area (Å²) < 4.78 is 34.9. The van der Waals surface area contributed by atoms with Gasteiger partial charge in [-0.15, -0.1) is 0 Å². The van der Waals surface area contributed by atoms with Gasteiger partial charge in [0.25, 0.3) is 11.3 Å². The minimum Gasteiger partial charge on any atom is -0.497 e. The molecule has 4 aromatic rings. The number of anilines is 5. The Hall–Kier alpha value is -4.26. The molecule has 1 heterocycles. The predicted molar refractivity (Wildman–Crippen MR) is 144 cm³/mol. The van der Waals surface area contributed by atoms with E-state index in [-0.39, 0.29) is 24.1 Å². The van der Waals surface area contributed by atoms with Crippen molar-refractivity contribution < 1.29 is 23.0 Å². The zero-order chi connectivity index (χ0) is 26.4. The highest BCUT2D eigenvalue weighted by Gasteiger charge is 2.23. The summed E-state index contributed by atoms with van der Waals surface area (Å²) in [6.07, 6.45) is 0. The number of benzene rings is 3. The van der Waals surface area contributed by atoms with Gasteiger partial charge in [0.15, 0.2) is 11.6 Å². The van der Waals surface area contributed by atoms with Crippen LogP contribution in [0.1, 0.15) is 0 Å². The van der Waals surface area contributed by atoms with Gasteiger partial charge in [0, 0.05) is 29.6 Å². The minimum absolute atomic E-state index is 0.0972. The first-order valence-corrected chi connectivity index (χ1v) is 12.2. The van der Waals surface area contributed by atoms with Crippen LogP contribution in [0.4, 0.5) is 28.7 Å². The van der Waals surface area contributed by atoms with Gasteiger partial charge in [-0.05, 0) is 37.4 Å². The molecule has 37 heavy (non-hydrogen) atoms. The second kappa shape index (κ2) is 11.6. The fourth-order valence-corrected chi connectivity index (χ4v) is 4.16. The average molecular weight is 523 g/mol. The first-order valence-electron chi connectivity index (χ1n) is 11.1. The molecular weight excluding hydrogens is 496 g/mol. The van der Waals surface area contributed by atoms with Gasteiger partial charge in [0.1, 0.15) is 11.5 Å². The van der Waals surface area contributed by atoms with E-state index in [1.54, 1.807) is 81.9 Å². The SMILES string of the molecule is CNCC(=O)Nc1cccc(N(c2nc3ccccc3nc2Nc2cc(OC)cc(OC)c2)S(=O)O)c1. The highest BCUT2D eigenvalue weighted by Crippen LogP contribution is 2.36. The summed E-state index contributed by atoms with van der Waals surface area (Å²) >= 11 is -2.54. The lowest BCUT2D eigenvalue weighted by Crippen LogP contribution is -2.25. The highest BCUT2D eigenvalue weighted by molar-refractivity contribution is 7.81. The number of amides is 1. The third-order valence-corrected chi connectivity index (χ3v) is 5.91. The Bertz CT molecular complexity index is 1430. The van der Waals surface area contributed by atoms with Crippen molar-refractivity contribution in [2.45, 2.75) is 0 Å². The molecule has 0 aliphatic rings. The number of ether oxygens (including phenoxy) is 2. The van der Waals surface area contributed by atoms with Crippen molar-refractivity contribution in [2.75, 3.05) is 42.8 Å². The molecule has 3 aromatic carbocycles. The first kappa shape index (κ1) is 25.8. The Morgan fingerprint density at radius 2 is 1.62 bits per heavy atom. The van der Waals surface area contributed by atoms with Crippen molar-refractivity contribution in [3.63, 3.8) is 0 Å². The number of hydrogen-bond acceptors (Lipinski definition) is 8. The van der Waals surface area contributed by atoms with Crippen LogP contribution in [-0.2, 0) is 16.1 Å². The van der Waals surface area contributed by atoms with E-state index in [1.165, 1.54) is 0 Å². The Labute approximate surface area is 216 Å². The molecule has 0 bridgehead atoms. The van der Waals surface area contributed by atoms with Gasteiger partial charge in [-0.3, -0.25) is 9.35 Å². The number of fused-ring (bicyclic) bond motifs is 1. The summed E-state index contributed by atoms with van der Waals surface area (Å²) in [6.45, 7) is 0.119. The van der Waals surface area contributed by atoms with Crippen LogP contribution in [0.3, 0.4) is 0 Å². The van der Waals surface area contributed by atoms with Crippen LogP contribution < -0.4 is 29.7 Å². The van der Waals surface area contributed by atoms with Crippen molar-refractivity contribution in [1.82, 2.24) is 15.3 Å². The van der Waals surface area contributed by atoms with E-state index in [1.807, 2.05) is 6.07 Å². The molecule has 0 saturated carbocycles. The second-order valence-electron chi connectivity index (χ2n) is 7.76. The minimum atomic E-state index is -2.54. The van der Waals surface area contributed by atoms with Gasteiger partial charge in [-0.2, -0.15) is 0 Å². The molecule has 4 N–H and O–H groups in total. The molecule has 11 nitrogen and oxygen atoms in total. The molecule has 0 aliphatic carbocycles. The van der Waals surface area contributed by atoms with Crippen molar-refractivity contribution in [2.24, 2.45) is 0 Å². The van der Waals surface area contributed by atoms with E-state index in [2.05, 4.69) is 25.9 Å². The molecule has 1 aromatic heterocycles. The Morgan fingerprint density at radius 3 is 2.24 bits per heavy atom. The number of carbonyl (C=O) groups excluding carboxylic acids is 1. The number of nitrogens with zero attached hydrogens (tertiary/aromatic N) is 3. The molecule has 0 saturated heterocycles. The number of likely N-dealkylation sites (N-methyl/N-ethyl adjacent to an activating group) is 1. The third-order valence-electron chi connectivity index (χ3n) is 5.22. The van der Waals surface area contributed by atoms with Crippen LogP contribution in [0.25, 0.3) is 11.0 Å². The van der Waals surface area contributed by atoms with E-state index in [4.69, 9.17) is 9.47 Å². The standard InChI is InChI=1S/C25H26N6O5S/c1-26-15-23(32)27-16-7-6-8-18(11-16)31(37(33)34)25-24(29-21-9-4-5-10-22(21)30-25)28-17-12-19(35-2)14-20(13-17)36-3/h4-14,26H,15H2,1-3H3,(H,27,32)(H,28,29)(H,33,34). The number of hydrogen-bond donors (Lipinski definition) is 4. The third kappa shape index (κ3) is 6.12. The van der Waals surface area contributed by atoms with Gasteiger partial charge in [0.05, 0.1) is 37.5 Å². The van der Waals surface area contributed by atoms with Crippen molar-refractivity contribution in [3.05, 3.63) is 66.7 Å². The lowest BCUT2D eigenvalue weighted by Gasteiger charge is -2.23. The molecule has 1 atom stereocenters. The van der Waals surface area contributed by atoms with Gasteiger partial charge >= 0.3 is 0 Å². The molecule has 192 valence electrons. The van der Waals surface area contributed by atoms with Crippen molar-refractivity contribution in [1.29, 1.82) is 0 Å². The summed E-state index contributed by atoms with van der Waals surface area (Å²) in [5.74, 6) is 1.16. The zero-order valence-electron chi connectivity index (χ0n) is 20.4. The van der Waals surface area contributed by atoms with Crippen LogP contribution >= 0.6 is 0 Å². The van der Waals surface area contributed by atoms with Gasteiger partial charge in [-0.25, -0.2) is 18.5 Å². The Kier molecular flexibility index (Phi) is 8.13. The number of nitrogens with one attached hydrogen (secondary N) is 3. The lowest BCUT2D eigenvalue weighted by atomic mass is 10.2. The smallest absolute Gasteiger partial charge is 0.268 e.